The van der Waals surface area contributed by atoms with E-state index in [-0.39, 0.29) is 17.3 Å². The highest BCUT2D eigenvalue weighted by Crippen LogP contribution is 2.29. The lowest BCUT2D eigenvalue weighted by Gasteiger charge is -2.37. The number of carboxylic acid groups (broad SMARTS) is 1. The van der Waals surface area contributed by atoms with Crippen molar-refractivity contribution in [2.75, 3.05) is 0 Å². The SMILES string of the molecule is CC(C)C1CC(C(=O)O)=NN1C(C)(C)C. The fraction of sp³-hybridized carbons (Fsp3) is 0.818. The van der Waals surface area contributed by atoms with Gasteiger partial charge in [-0.3, -0.25) is 5.01 Å². The number of hydrogen-bond acceptors (Lipinski definition) is 3. The second-order valence-corrected chi connectivity index (χ2v) is 5.38. The van der Waals surface area contributed by atoms with Crippen LogP contribution in [0.15, 0.2) is 5.10 Å². The lowest BCUT2D eigenvalue weighted by Crippen LogP contribution is -2.44. The van der Waals surface area contributed by atoms with Crippen molar-refractivity contribution in [3.05, 3.63) is 0 Å². The minimum Gasteiger partial charge on any atom is -0.477 e. The minimum absolute atomic E-state index is 0.119. The summed E-state index contributed by atoms with van der Waals surface area (Å²) in [5, 5.41) is 15.1. The Labute approximate surface area is 91.0 Å². The van der Waals surface area contributed by atoms with Crippen LogP contribution in [0.1, 0.15) is 41.0 Å². The fourth-order valence-corrected chi connectivity index (χ4v) is 1.83. The summed E-state index contributed by atoms with van der Waals surface area (Å²) in [5.74, 6) is -0.489. The van der Waals surface area contributed by atoms with Crippen molar-refractivity contribution in [3.8, 4) is 0 Å². The molecular weight excluding hydrogens is 192 g/mol. The number of aliphatic carboxylic acids is 1. The van der Waals surface area contributed by atoms with Gasteiger partial charge in [-0.15, -0.1) is 0 Å². The van der Waals surface area contributed by atoms with E-state index in [0.29, 0.717) is 12.3 Å². The first kappa shape index (κ1) is 12.0. The summed E-state index contributed by atoms with van der Waals surface area (Å²) in [7, 11) is 0. The number of carboxylic acids is 1. The highest BCUT2D eigenvalue weighted by Gasteiger charge is 2.37. The molecule has 86 valence electrons. The molecule has 0 saturated heterocycles. The Morgan fingerprint density at radius 2 is 2.07 bits per heavy atom. The summed E-state index contributed by atoms with van der Waals surface area (Å²) < 4.78 is 0. The smallest absolute Gasteiger partial charge is 0.352 e. The minimum atomic E-state index is -0.896. The van der Waals surface area contributed by atoms with Crippen LogP contribution in [0, 0.1) is 5.92 Å². The van der Waals surface area contributed by atoms with Gasteiger partial charge >= 0.3 is 5.97 Å². The number of rotatable bonds is 2. The molecule has 1 N–H and O–H groups in total. The van der Waals surface area contributed by atoms with Gasteiger partial charge in [-0.1, -0.05) is 13.8 Å². The zero-order chi connectivity index (χ0) is 11.8. The molecule has 0 bridgehead atoms. The van der Waals surface area contributed by atoms with Gasteiger partial charge in [0.05, 0.1) is 6.04 Å². The van der Waals surface area contributed by atoms with E-state index < -0.39 is 5.97 Å². The van der Waals surface area contributed by atoms with Crippen LogP contribution in [0.4, 0.5) is 0 Å². The standard InChI is InChI=1S/C11H20N2O2/c1-7(2)9-6-8(10(14)15)12-13(9)11(3,4)5/h7,9H,6H2,1-5H3,(H,14,15). The van der Waals surface area contributed by atoms with Gasteiger partial charge in [0, 0.05) is 12.0 Å². The van der Waals surface area contributed by atoms with E-state index in [0.717, 1.165) is 0 Å². The van der Waals surface area contributed by atoms with Crippen molar-refractivity contribution >= 4 is 11.7 Å². The summed E-state index contributed by atoms with van der Waals surface area (Å²) in [4.78, 5) is 10.9. The Morgan fingerprint density at radius 1 is 1.53 bits per heavy atom. The van der Waals surface area contributed by atoms with Gasteiger partial charge in [0.1, 0.15) is 5.71 Å². The molecule has 0 radical (unpaired) electrons. The monoisotopic (exact) mass is 212 g/mol. The first-order valence-electron chi connectivity index (χ1n) is 5.33. The number of hydrazone groups is 1. The van der Waals surface area contributed by atoms with E-state index in [4.69, 9.17) is 5.11 Å². The average Bonchev–Trinajstić information content (AvgIpc) is 2.45. The van der Waals surface area contributed by atoms with Gasteiger partial charge in [-0.2, -0.15) is 5.10 Å². The van der Waals surface area contributed by atoms with Gasteiger partial charge in [0.2, 0.25) is 0 Å². The average molecular weight is 212 g/mol. The molecule has 4 nitrogen and oxygen atoms in total. The van der Waals surface area contributed by atoms with Gasteiger partial charge in [-0.05, 0) is 26.7 Å². The maximum absolute atomic E-state index is 10.9. The van der Waals surface area contributed by atoms with E-state index in [9.17, 15) is 4.79 Å². The Hall–Kier alpha value is -1.06. The van der Waals surface area contributed by atoms with E-state index in [1.54, 1.807) is 0 Å². The molecular formula is C11H20N2O2. The van der Waals surface area contributed by atoms with Gasteiger partial charge < -0.3 is 5.11 Å². The molecule has 4 heteroatoms. The quantitative estimate of drug-likeness (QED) is 0.761. The van der Waals surface area contributed by atoms with Gasteiger partial charge in [0.25, 0.3) is 0 Å². The van der Waals surface area contributed by atoms with Crippen molar-refractivity contribution in [3.63, 3.8) is 0 Å². The first-order valence-corrected chi connectivity index (χ1v) is 5.33. The van der Waals surface area contributed by atoms with Crippen molar-refractivity contribution in [2.24, 2.45) is 11.0 Å². The summed E-state index contributed by atoms with van der Waals surface area (Å²) in [6.07, 6.45) is 0.546. The Kier molecular flexibility index (Phi) is 3.07. The maximum Gasteiger partial charge on any atom is 0.352 e. The number of nitrogens with zero attached hydrogens (tertiary/aromatic N) is 2. The zero-order valence-electron chi connectivity index (χ0n) is 10.1. The van der Waals surface area contributed by atoms with E-state index >= 15 is 0 Å². The first-order chi connectivity index (χ1) is 6.73. The van der Waals surface area contributed by atoms with Crippen molar-refractivity contribution < 1.29 is 9.90 Å². The second-order valence-electron chi connectivity index (χ2n) is 5.38. The highest BCUT2D eigenvalue weighted by atomic mass is 16.4. The van der Waals surface area contributed by atoms with Gasteiger partial charge in [0.15, 0.2) is 0 Å². The second kappa shape index (κ2) is 3.83. The molecule has 0 saturated carbocycles. The molecule has 0 aliphatic carbocycles. The van der Waals surface area contributed by atoms with Gasteiger partial charge in [-0.25, -0.2) is 4.79 Å². The summed E-state index contributed by atoms with van der Waals surface area (Å²) in [6.45, 7) is 10.4. The van der Waals surface area contributed by atoms with Crippen LogP contribution in [0.25, 0.3) is 0 Å². The van der Waals surface area contributed by atoms with E-state index in [1.807, 2.05) is 5.01 Å². The third-order valence-electron chi connectivity index (χ3n) is 2.65. The predicted molar refractivity (Wildman–Crippen MR) is 59.9 cm³/mol. The zero-order valence-corrected chi connectivity index (χ0v) is 10.1. The van der Waals surface area contributed by atoms with E-state index in [2.05, 4.69) is 39.7 Å². The molecule has 0 aromatic carbocycles. The molecule has 1 aliphatic heterocycles. The third-order valence-corrected chi connectivity index (χ3v) is 2.65. The van der Waals surface area contributed by atoms with Crippen LogP contribution in [-0.4, -0.2) is 33.4 Å². The third kappa shape index (κ3) is 2.49. The van der Waals surface area contributed by atoms with Crippen LogP contribution in [-0.2, 0) is 4.79 Å². The molecule has 0 amide bonds. The highest BCUT2D eigenvalue weighted by molar-refractivity contribution is 6.36. The van der Waals surface area contributed by atoms with Crippen LogP contribution < -0.4 is 0 Å². The number of hydrogen-bond donors (Lipinski definition) is 1. The molecule has 1 atom stereocenters. The predicted octanol–water partition coefficient (Wildman–Crippen LogP) is 1.96. The lowest BCUT2D eigenvalue weighted by molar-refractivity contribution is -0.129. The summed E-state index contributed by atoms with van der Waals surface area (Å²) >= 11 is 0. The summed E-state index contributed by atoms with van der Waals surface area (Å²) in [5.41, 5.74) is 0.162. The Balaban J connectivity index is 2.94. The lowest BCUT2D eigenvalue weighted by atomic mass is 9.95. The Bertz CT molecular complexity index is 289. The molecule has 0 spiro atoms. The van der Waals surface area contributed by atoms with Crippen molar-refractivity contribution in [1.82, 2.24) is 5.01 Å². The molecule has 1 rings (SSSR count). The topological polar surface area (TPSA) is 52.9 Å². The summed E-state index contributed by atoms with van der Waals surface area (Å²) in [6, 6.07) is 0.205. The molecule has 1 unspecified atom stereocenters. The van der Waals surface area contributed by atoms with Crippen LogP contribution >= 0.6 is 0 Å². The van der Waals surface area contributed by atoms with Crippen LogP contribution in [0.2, 0.25) is 0 Å². The molecule has 1 aliphatic rings. The molecule has 0 fully saturated rings. The molecule has 0 aromatic heterocycles. The fourth-order valence-electron chi connectivity index (χ4n) is 1.83. The van der Waals surface area contributed by atoms with Crippen LogP contribution in [0.5, 0.6) is 0 Å². The molecule has 15 heavy (non-hydrogen) atoms. The Morgan fingerprint density at radius 3 is 2.33 bits per heavy atom. The van der Waals surface area contributed by atoms with E-state index in [1.165, 1.54) is 0 Å². The maximum atomic E-state index is 10.9. The largest absolute Gasteiger partial charge is 0.477 e. The van der Waals surface area contributed by atoms with Crippen molar-refractivity contribution in [2.45, 2.75) is 52.6 Å². The molecule has 0 aromatic rings. The van der Waals surface area contributed by atoms with Crippen LogP contribution in [0.3, 0.4) is 0 Å². The van der Waals surface area contributed by atoms with Crippen molar-refractivity contribution in [1.29, 1.82) is 0 Å². The molecule has 1 heterocycles. The normalized spacial score (nSPS) is 22.1. The number of carbonyl (C=O) groups is 1.